The van der Waals surface area contributed by atoms with Gasteiger partial charge in [0.15, 0.2) is 5.78 Å². The fourth-order valence-corrected chi connectivity index (χ4v) is 3.73. The average molecular weight is 318 g/mol. The minimum Gasteiger partial charge on any atom is -0.360 e. The van der Waals surface area contributed by atoms with Gasteiger partial charge in [-0.3, -0.25) is 4.79 Å². The lowest BCUT2D eigenvalue weighted by atomic mass is 9.96. The van der Waals surface area contributed by atoms with Gasteiger partial charge in [-0.15, -0.1) is 0 Å². The minimum absolute atomic E-state index is 0.144. The molecule has 1 heterocycles. The van der Waals surface area contributed by atoms with Crippen molar-refractivity contribution in [3.63, 3.8) is 0 Å². The molecule has 0 unspecified atom stereocenters. The largest absolute Gasteiger partial charge is 0.360 e. The first kappa shape index (κ1) is 15.2. The maximum Gasteiger partial charge on any atom is 0.186 e. The second kappa shape index (κ2) is 6.62. The normalized spacial score (nSPS) is 16.5. The second-order valence-electron chi connectivity index (χ2n) is 6.60. The zero-order chi connectivity index (χ0) is 16.4. The minimum atomic E-state index is -0.284. The molecule has 1 fully saturated rings. The molecule has 1 aliphatic rings. The maximum absolute atomic E-state index is 13.3. The number of hydrogen-bond donors (Lipinski definition) is 2. The Morgan fingerprint density at radius 3 is 2.50 bits per heavy atom. The molecule has 0 bridgehead atoms. The first-order chi connectivity index (χ1) is 11.8. The predicted octanol–water partition coefficient (Wildman–Crippen LogP) is 4.62. The number of aromatic amines is 1. The fraction of sp³-hybridized carbons (Fsp3) is 0.286. The number of hydrogen-bond acceptors (Lipinski definition) is 2. The Kier molecular flexibility index (Phi) is 4.18. The molecule has 0 spiro atoms. The van der Waals surface area contributed by atoms with E-state index in [1.807, 2.05) is 60.8 Å². The highest BCUT2D eigenvalue weighted by molar-refractivity contribution is 6.10. The van der Waals surface area contributed by atoms with E-state index >= 15 is 0 Å². The molecular weight excluding hydrogens is 296 g/mol. The van der Waals surface area contributed by atoms with E-state index in [4.69, 9.17) is 0 Å². The summed E-state index contributed by atoms with van der Waals surface area (Å²) in [6, 6.07) is 18.2. The van der Waals surface area contributed by atoms with Crippen molar-refractivity contribution in [1.82, 2.24) is 10.3 Å². The highest BCUT2D eigenvalue weighted by atomic mass is 16.1. The predicted molar refractivity (Wildman–Crippen MR) is 97.2 cm³/mol. The number of nitrogens with one attached hydrogen (secondary N) is 2. The van der Waals surface area contributed by atoms with Gasteiger partial charge in [-0.05, 0) is 24.5 Å². The number of fused-ring (bicyclic) bond motifs is 1. The number of para-hydroxylation sites is 1. The van der Waals surface area contributed by atoms with Crippen LogP contribution < -0.4 is 5.32 Å². The molecule has 24 heavy (non-hydrogen) atoms. The van der Waals surface area contributed by atoms with Crippen LogP contribution in [0.3, 0.4) is 0 Å². The van der Waals surface area contributed by atoms with E-state index in [-0.39, 0.29) is 11.8 Å². The molecule has 1 atom stereocenters. The number of carbonyl (C=O) groups is 1. The summed E-state index contributed by atoms with van der Waals surface area (Å²) in [5.41, 5.74) is 2.82. The summed E-state index contributed by atoms with van der Waals surface area (Å²) in [5, 5.41) is 4.62. The Morgan fingerprint density at radius 2 is 1.71 bits per heavy atom. The molecule has 3 heteroatoms. The number of benzene rings is 2. The molecule has 3 nitrogen and oxygen atoms in total. The summed E-state index contributed by atoms with van der Waals surface area (Å²) >= 11 is 0. The van der Waals surface area contributed by atoms with Gasteiger partial charge in [-0.1, -0.05) is 61.4 Å². The molecule has 0 saturated heterocycles. The summed E-state index contributed by atoms with van der Waals surface area (Å²) in [5.74, 6) is 0.144. The Morgan fingerprint density at radius 1 is 1.00 bits per heavy atom. The van der Waals surface area contributed by atoms with E-state index in [0.717, 1.165) is 34.9 Å². The van der Waals surface area contributed by atoms with Gasteiger partial charge in [0.2, 0.25) is 0 Å². The van der Waals surface area contributed by atoms with Crippen molar-refractivity contribution in [2.75, 3.05) is 0 Å². The van der Waals surface area contributed by atoms with E-state index in [0.29, 0.717) is 6.04 Å². The third-order valence-corrected chi connectivity index (χ3v) is 5.01. The second-order valence-corrected chi connectivity index (χ2v) is 6.60. The summed E-state index contributed by atoms with van der Waals surface area (Å²) in [4.78, 5) is 16.5. The standard InChI is InChI=1S/C21H22N2O/c24-21(18-14-22-19-13-7-6-12-17(18)19)20(15-8-2-1-3-9-15)23-16-10-4-5-11-16/h1-3,6-9,12-14,16,20,22-23H,4-5,10-11H2/t20-/m1/s1. The number of Topliss-reactive ketones (excluding diaryl/α,β-unsaturated/α-hetero) is 1. The molecule has 4 rings (SSSR count). The molecule has 3 aromatic rings. The van der Waals surface area contributed by atoms with Gasteiger partial charge in [0.05, 0.1) is 6.04 Å². The molecule has 0 aliphatic heterocycles. The summed E-state index contributed by atoms with van der Waals surface area (Å²) in [7, 11) is 0. The molecule has 1 aromatic heterocycles. The summed E-state index contributed by atoms with van der Waals surface area (Å²) in [6.07, 6.45) is 6.66. The Bertz CT molecular complexity index is 831. The number of carbonyl (C=O) groups excluding carboxylic acids is 1. The highest BCUT2D eigenvalue weighted by Gasteiger charge is 2.27. The lowest BCUT2D eigenvalue weighted by molar-refractivity contribution is 0.0937. The van der Waals surface area contributed by atoms with Crippen molar-refractivity contribution in [1.29, 1.82) is 0 Å². The van der Waals surface area contributed by atoms with E-state index in [1.54, 1.807) is 0 Å². The van der Waals surface area contributed by atoms with Crippen LogP contribution in [0, 0.1) is 0 Å². The third kappa shape index (κ3) is 2.87. The third-order valence-electron chi connectivity index (χ3n) is 5.01. The zero-order valence-electron chi connectivity index (χ0n) is 13.7. The van der Waals surface area contributed by atoms with Gasteiger partial charge in [-0.2, -0.15) is 0 Å². The quantitative estimate of drug-likeness (QED) is 0.674. The fourth-order valence-electron chi connectivity index (χ4n) is 3.73. The lowest BCUT2D eigenvalue weighted by Gasteiger charge is -2.22. The van der Waals surface area contributed by atoms with Crippen LogP contribution in [0.1, 0.15) is 47.6 Å². The lowest BCUT2D eigenvalue weighted by Crippen LogP contribution is -2.35. The average Bonchev–Trinajstić information content (AvgIpc) is 3.29. The van der Waals surface area contributed by atoms with Crippen molar-refractivity contribution >= 4 is 16.7 Å². The van der Waals surface area contributed by atoms with Crippen LogP contribution in [0.4, 0.5) is 0 Å². The van der Waals surface area contributed by atoms with Crippen molar-refractivity contribution < 1.29 is 4.79 Å². The van der Waals surface area contributed by atoms with Gasteiger partial charge >= 0.3 is 0 Å². The van der Waals surface area contributed by atoms with Crippen molar-refractivity contribution in [3.8, 4) is 0 Å². The van der Waals surface area contributed by atoms with Gasteiger partial charge in [-0.25, -0.2) is 0 Å². The Balaban J connectivity index is 1.70. The monoisotopic (exact) mass is 318 g/mol. The highest BCUT2D eigenvalue weighted by Crippen LogP contribution is 2.27. The van der Waals surface area contributed by atoms with E-state index < -0.39 is 0 Å². The van der Waals surface area contributed by atoms with Crippen molar-refractivity contribution in [2.24, 2.45) is 0 Å². The zero-order valence-corrected chi connectivity index (χ0v) is 13.7. The van der Waals surface area contributed by atoms with Crippen LogP contribution in [0.2, 0.25) is 0 Å². The number of H-pyrrole nitrogens is 1. The maximum atomic E-state index is 13.3. The van der Waals surface area contributed by atoms with Crippen LogP contribution >= 0.6 is 0 Å². The SMILES string of the molecule is O=C(c1c[nH]c2ccccc12)[C@H](NC1CCCC1)c1ccccc1. The van der Waals surface area contributed by atoms with E-state index in [1.165, 1.54) is 12.8 Å². The van der Waals surface area contributed by atoms with Gasteiger partial charge in [0.25, 0.3) is 0 Å². The van der Waals surface area contributed by atoms with Gasteiger partial charge in [0, 0.05) is 28.7 Å². The van der Waals surface area contributed by atoms with Crippen LogP contribution in [0.5, 0.6) is 0 Å². The molecule has 122 valence electrons. The van der Waals surface area contributed by atoms with E-state index in [2.05, 4.69) is 10.3 Å². The molecule has 2 N–H and O–H groups in total. The summed E-state index contributed by atoms with van der Waals surface area (Å²) in [6.45, 7) is 0. The molecule has 0 radical (unpaired) electrons. The van der Waals surface area contributed by atoms with Crippen molar-refractivity contribution in [2.45, 2.75) is 37.8 Å². The Hall–Kier alpha value is -2.39. The molecule has 2 aromatic carbocycles. The summed E-state index contributed by atoms with van der Waals surface area (Å²) < 4.78 is 0. The van der Waals surface area contributed by atoms with Crippen LogP contribution in [-0.2, 0) is 0 Å². The van der Waals surface area contributed by atoms with Crippen LogP contribution in [-0.4, -0.2) is 16.8 Å². The van der Waals surface area contributed by atoms with E-state index in [9.17, 15) is 4.79 Å². The molecule has 1 saturated carbocycles. The van der Waals surface area contributed by atoms with Crippen molar-refractivity contribution in [3.05, 3.63) is 71.9 Å². The van der Waals surface area contributed by atoms with Gasteiger partial charge < -0.3 is 10.3 Å². The smallest absolute Gasteiger partial charge is 0.186 e. The molecule has 1 aliphatic carbocycles. The van der Waals surface area contributed by atoms with Gasteiger partial charge in [0.1, 0.15) is 0 Å². The van der Waals surface area contributed by atoms with Crippen LogP contribution in [0.25, 0.3) is 10.9 Å². The number of aromatic nitrogens is 1. The number of rotatable bonds is 5. The Labute approximate surface area is 142 Å². The molecule has 0 amide bonds. The first-order valence-electron chi connectivity index (χ1n) is 8.74. The van der Waals surface area contributed by atoms with Crippen LogP contribution in [0.15, 0.2) is 60.8 Å². The molecular formula is C21H22N2O. The first-order valence-corrected chi connectivity index (χ1v) is 8.74. The topological polar surface area (TPSA) is 44.9 Å². The number of ketones is 1.